The zero-order valence-corrected chi connectivity index (χ0v) is 9.18. The van der Waals surface area contributed by atoms with E-state index >= 15 is 0 Å². The number of sulfone groups is 1. The molecule has 0 rings (SSSR count). The van der Waals surface area contributed by atoms with Gasteiger partial charge in [0.15, 0.2) is 15.8 Å². The summed E-state index contributed by atoms with van der Waals surface area (Å²) < 4.78 is 22.1. The first-order chi connectivity index (χ1) is 6.52. The number of guanidine groups is 1. The molecule has 0 aliphatic heterocycles. The van der Waals surface area contributed by atoms with Crippen molar-refractivity contribution in [2.75, 3.05) is 24.6 Å². The van der Waals surface area contributed by atoms with Crippen molar-refractivity contribution >= 4 is 15.8 Å². The van der Waals surface area contributed by atoms with Crippen LogP contribution in [0.1, 0.15) is 6.92 Å². The van der Waals surface area contributed by atoms with Crippen molar-refractivity contribution < 1.29 is 8.42 Å². The molecule has 0 atom stereocenters. The van der Waals surface area contributed by atoms with Crippen LogP contribution in [0.2, 0.25) is 0 Å². The van der Waals surface area contributed by atoms with Crippen LogP contribution in [0.25, 0.3) is 0 Å². The molecule has 0 aliphatic carbocycles. The van der Waals surface area contributed by atoms with Gasteiger partial charge in [-0.2, -0.15) is 0 Å². The third kappa shape index (κ3) is 6.47. The number of nitrogens with two attached hydrogens (primary N) is 1. The van der Waals surface area contributed by atoms with Gasteiger partial charge >= 0.3 is 0 Å². The van der Waals surface area contributed by atoms with Gasteiger partial charge < -0.3 is 11.1 Å². The van der Waals surface area contributed by atoms with Gasteiger partial charge in [0, 0.05) is 12.3 Å². The first kappa shape index (κ1) is 13.0. The van der Waals surface area contributed by atoms with E-state index in [-0.39, 0.29) is 24.0 Å². The van der Waals surface area contributed by atoms with E-state index in [9.17, 15) is 8.42 Å². The predicted octanol–water partition coefficient (Wildman–Crippen LogP) is -0.489. The van der Waals surface area contributed by atoms with Crippen molar-refractivity contribution in [3.63, 3.8) is 0 Å². The summed E-state index contributed by atoms with van der Waals surface area (Å²) in [4.78, 5) is 3.85. The van der Waals surface area contributed by atoms with Crippen LogP contribution in [0.15, 0.2) is 17.6 Å². The van der Waals surface area contributed by atoms with Crippen LogP contribution < -0.4 is 11.1 Å². The van der Waals surface area contributed by atoms with Crippen LogP contribution in [-0.2, 0) is 9.84 Å². The number of hydrogen-bond acceptors (Lipinski definition) is 3. The summed E-state index contributed by atoms with van der Waals surface area (Å²) in [5.41, 5.74) is 5.43. The second-order valence-corrected chi connectivity index (χ2v) is 5.15. The Hall–Kier alpha value is -1.04. The van der Waals surface area contributed by atoms with Crippen molar-refractivity contribution in [1.82, 2.24) is 5.32 Å². The van der Waals surface area contributed by atoms with Crippen molar-refractivity contribution in [1.29, 1.82) is 0 Å². The summed E-state index contributed by atoms with van der Waals surface area (Å²) in [7, 11) is -2.95. The minimum atomic E-state index is -2.95. The summed E-state index contributed by atoms with van der Waals surface area (Å²) in [5, 5.41) is 2.75. The van der Waals surface area contributed by atoms with E-state index in [4.69, 9.17) is 5.73 Å². The molecular formula is C8H17N3O2S. The van der Waals surface area contributed by atoms with Gasteiger partial charge in [-0.3, -0.25) is 4.99 Å². The largest absolute Gasteiger partial charge is 0.370 e. The summed E-state index contributed by atoms with van der Waals surface area (Å²) >= 11 is 0. The van der Waals surface area contributed by atoms with Crippen LogP contribution in [0, 0.1) is 0 Å². The molecular weight excluding hydrogens is 202 g/mol. The van der Waals surface area contributed by atoms with E-state index in [1.54, 1.807) is 13.0 Å². The molecule has 0 bridgehead atoms. The fraction of sp³-hybridized carbons (Fsp3) is 0.625. The standard InChI is InChI=1S/C8H17N3O2S/c1-3-5-10-8(9)11-6-7-14(12,13)4-2/h3H,1,4-7H2,2H3,(H3,9,10,11). The minimum absolute atomic E-state index is 0.0416. The molecule has 0 fully saturated rings. The fourth-order valence-corrected chi connectivity index (χ4v) is 1.34. The number of aliphatic imine (C=N–C) groups is 1. The monoisotopic (exact) mass is 219 g/mol. The van der Waals surface area contributed by atoms with Gasteiger partial charge in [0.25, 0.3) is 0 Å². The second kappa shape index (κ2) is 6.42. The van der Waals surface area contributed by atoms with Gasteiger partial charge in [0.05, 0.1) is 12.3 Å². The highest BCUT2D eigenvalue weighted by Crippen LogP contribution is 1.88. The van der Waals surface area contributed by atoms with Crippen LogP contribution in [0.4, 0.5) is 0 Å². The Morgan fingerprint density at radius 1 is 1.64 bits per heavy atom. The lowest BCUT2D eigenvalue weighted by molar-refractivity contribution is 0.597. The van der Waals surface area contributed by atoms with Gasteiger partial charge in [0.2, 0.25) is 0 Å². The molecule has 0 aromatic heterocycles. The molecule has 0 aliphatic rings. The van der Waals surface area contributed by atoms with E-state index in [1.807, 2.05) is 0 Å². The van der Waals surface area contributed by atoms with Crippen molar-refractivity contribution in [2.45, 2.75) is 6.92 Å². The van der Waals surface area contributed by atoms with E-state index in [1.165, 1.54) is 0 Å². The summed E-state index contributed by atoms with van der Waals surface area (Å²) in [6.45, 7) is 5.83. The molecule has 3 N–H and O–H groups in total. The Bertz CT molecular complexity index is 296. The Kier molecular flexibility index (Phi) is 5.94. The lowest BCUT2D eigenvalue weighted by Gasteiger charge is -2.02. The molecule has 0 radical (unpaired) electrons. The maximum absolute atomic E-state index is 11.0. The number of nitrogens with zero attached hydrogens (tertiary/aromatic N) is 1. The maximum Gasteiger partial charge on any atom is 0.188 e. The molecule has 5 nitrogen and oxygen atoms in total. The molecule has 0 heterocycles. The van der Waals surface area contributed by atoms with Crippen molar-refractivity contribution in [3.05, 3.63) is 12.7 Å². The van der Waals surface area contributed by atoms with E-state index in [0.29, 0.717) is 6.54 Å². The molecule has 0 aromatic carbocycles. The predicted molar refractivity (Wildman–Crippen MR) is 59.0 cm³/mol. The van der Waals surface area contributed by atoms with Gasteiger partial charge in [-0.15, -0.1) is 6.58 Å². The Labute approximate surface area is 85.0 Å². The summed E-state index contributed by atoms with van der Waals surface area (Å²) in [6, 6.07) is 0. The van der Waals surface area contributed by atoms with Gasteiger partial charge in [-0.25, -0.2) is 8.42 Å². The zero-order chi connectivity index (χ0) is 11.0. The highest BCUT2D eigenvalue weighted by molar-refractivity contribution is 7.91. The molecule has 0 unspecified atom stereocenters. The highest BCUT2D eigenvalue weighted by atomic mass is 32.2. The quantitative estimate of drug-likeness (QED) is 0.359. The zero-order valence-electron chi connectivity index (χ0n) is 8.36. The van der Waals surface area contributed by atoms with E-state index < -0.39 is 9.84 Å². The van der Waals surface area contributed by atoms with Crippen molar-refractivity contribution in [3.8, 4) is 0 Å². The Balaban J connectivity index is 3.87. The van der Waals surface area contributed by atoms with Crippen LogP contribution in [-0.4, -0.2) is 39.0 Å². The molecule has 82 valence electrons. The molecule has 0 aromatic rings. The van der Waals surface area contributed by atoms with Crippen LogP contribution >= 0.6 is 0 Å². The number of rotatable bonds is 6. The van der Waals surface area contributed by atoms with E-state index in [0.717, 1.165) is 0 Å². The SMILES string of the molecule is C=CCNC(N)=NCCS(=O)(=O)CC. The Morgan fingerprint density at radius 2 is 2.29 bits per heavy atom. The number of nitrogens with one attached hydrogen (secondary N) is 1. The molecule has 14 heavy (non-hydrogen) atoms. The fourth-order valence-electron chi connectivity index (χ4n) is 0.682. The lowest BCUT2D eigenvalue weighted by Crippen LogP contribution is -2.32. The minimum Gasteiger partial charge on any atom is -0.370 e. The topological polar surface area (TPSA) is 84.5 Å². The third-order valence-corrected chi connectivity index (χ3v) is 3.24. The molecule has 0 saturated heterocycles. The third-order valence-electron chi connectivity index (χ3n) is 1.55. The van der Waals surface area contributed by atoms with Gasteiger partial charge in [-0.1, -0.05) is 13.0 Å². The Morgan fingerprint density at radius 3 is 2.79 bits per heavy atom. The average molecular weight is 219 g/mol. The number of hydrogen-bond donors (Lipinski definition) is 2. The van der Waals surface area contributed by atoms with Crippen molar-refractivity contribution in [2.24, 2.45) is 10.7 Å². The van der Waals surface area contributed by atoms with Crippen LogP contribution in [0.3, 0.4) is 0 Å². The molecule has 0 amide bonds. The second-order valence-electron chi connectivity index (χ2n) is 2.67. The molecule has 0 spiro atoms. The smallest absolute Gasteiger partial charge is 0.188 e. The lowest BCUT2D eigenvalue weighted by atomic mass is 10.6. The molecule has 0 saturated carbocycles. The normalized spacial score (nSPS) is 12.5. The van der Waals surface area contributed by atoms with Crippen LogP contribution in [0.5, 0.6) is 0 Å². The average Bonchev–Trinajstić information content (AvgIpc) is 2.14. The highest BCUT2D eigenvalue weighted by Gasteiger charge is 2.05. The first-order valence-corrected chi connectivity index (χ1v) is 6.19. The summed E-state index contributed by atoms with van der Waals surface area (Å²) in [6.07, 6.45) is 1.64. The molecule has 6 heteroatoms. The summed E-state index contributed by atoms with van der Waals surface area (Å²) in [5.74, 6) is 0.430. The van der Waals surface area contributed by atoms with Gasteiger partial charge in [-0.05, 0) is 0 Å². The first-order valence-electron chi connectivity index (χ1n) is 4.37. The van der Waals surface area contributed by atoms with Gasteiger partial charge in [0.1, 0.15) is 0 Å². The maximum atomic E-state index is 11.0. The van der Waals surface area contributed by atoms with E-state index in [2.05, 4.69) is 16.9 Å².